The maximum absolute atomic E-state index is 12.1. The molecular formula is C12H12Cl2N2OS2. The molecule has 0 radical (unpaired) electrons. The van der Waals surface area contributed by atoms with Gasteiger partial charge in [0.05, 0.1) is 32.9 Å². The zero-order valence-corrected chi connectivity index (χ0v) is 13.6. The van der Waals surface area contributed by atoms with E-state index in [9.17, 15) is 4.21 Å². The van der Waals surface area contributed by atoms with Crippen LogP contribution in [0.15, 0.2) is 12.3 Å². The van der Waals surface area contributed by atoms with Crippen LogP contribution in [0.2, 0.25) is 10.0 Å². The van der Waals surface area contributed by atoms with Gasteiger partial charge in [-0.1, -0.05) is 23.2 Å². The van der Waals surface area contributed by atoms with Gasteiger partial charge in [-0.3, -0.25) is 9.19 Å². The van der Waals surface area contributed by atoms with Gasteiger partial charge in [-0.25, -0.2) is 4.98 Å². The number of thiazole rings is 1. The fourth-order valence-electron chi connectivity index (χ4n) is 1.49. The highest BCUT2D eigenvalue weighted by Crippen LogP contribution is 2.22. The Morgan fingerprint density at radius 3 is 2.63 bits per heavy atom. The van der Waals surface area contributed by atoms with E-state index in [-0.39, 0.29) is 0 Å². The van der Waals surface area contributed by atoms with E-state index in [1.165, 1.54) is 6.20 Å². The van der Waals surface area contributed by atoms with Gasteiger partial charge in [0, 0.05) is 21.9 Å². The molecule has 2 heterocycles. The third kappa shape index (κ3) is 3.99. The Kier molecular flexibility index (Phi) is 4.95. The first-order chi connectivity index (χ1) is 8.95. The summed E-state index contributed by atoms with van der Waals surface area (Å²) in [6.07, 6.45) is 1.51. The molecule has 0 saturated heterocycles. The average molecular weight is 335 g/mol. The van der Waals surface area contributed by atoms with Crippen molar-refractivity contribution < 1.29 is 4.21 Å². The van der Waals surface area contributed by atoms with Crippen molar-refractivity contribution in [2.24, 2.45) is 0 Å². The van der Waals surface area contributed by atoms with E-state index in [0.717, 1.165) is 15.6 Å². The second-order valence-electron chi connectivity index (χ2n) is 4.06. The number of pyridine rings is 1. The summed E-state index contributed by atoms with van der Waals surface area (Å²) < 4.78 is 12.1. The second kappa shape index (κ2) is 6.31. The molecule has 0 fully saturated rings. The molecule has 2 aromatic heterocycles. The largest absolute Gasteiger partial charge is 0.259 e. The maximum Gasteiger partial charge on any atom is 0.106 e. The van der Waals surface area contributed by atoms with Crippen LogP contribution in [-0.4, -0.2) is 14.2 Å². The Balaban J connectivity index is 2.05. The lowest BCUT2D eigenvalue weighted by atomic mass is 10.4. The Hall–Kier alpha value is -0.490. The highest BCUT2D eigenvalue weighted by molar-refractivity contribution is 7.83. The van der Waals surface area contributed by atoms with E-state index < -0.39 is 10.8 Å². The predicted molar refractivity (Wildman–Crippen MR) is 81.4 cm³/mol. The lowest BCUT2D eigenvalue weighted by Gasteiger charge is -2.03. The Morgan fingerprint density at radius 2 is 2.05 bits per heavy atom. The van der Waals surface area contributed by atoms with Crippen LogP contribution in [0.4, 0.5) is 0 Å². The van der Waals surface area contributed by atoms with E-state index in [1.807, 2.05) is 13.8 Å². The van der Waals surface area contributed by atoms with Gasteiger partial charge in [0.15, 0.2) is 0 Å². The monoisotopic (exact) mass is 334 g/mol. The number of nitrogens with zero attached hydrogens (tertiary/aromatic N) is 2. The molecule has 102 valence electrons. The highest BCUT2D eigenvalue weighted by atomic mass is 35.5. The van der Waals surface area contributed by atoms with Gasteiger partial charge in [0.25, 0.3) is 0 Å². The van der Waals surface area contributed by atoms with Crippen LogP contribution in [0.1, 0.15) is 21.3 Å². The van der Waals surface area contributed by atoms with Crippen molar-refractivity contribution in [3.05, 3.63) is 43.6 Å². The molecular weight excluding hydrogens is 323 g/mol. The van der Waals surface area contributed by atoms with Gasteiger partial charge in [0.2, 0.25) is 0 Å². The first kappa shape index (κ1) is 14.9. The topological polar surface area (TPSA) is 42.9 Å². The Morgan fingerprint density at radius 1 is 1.32 bits per heavy atom. The minimum absolute atomic E-state index is 0.313. The quantitative estimate of drug-likeness (QED) is 0.851. The molecule has 2 aromatic rings. The fraction of sp³-hybridized carbons (Fsp3) is 0.333. The summed E-state index contributed by atoms with van der Waals surface area (Å²) in [7, 11) is -1.08. The zero-order valence-electron chi connectivity index (χ0n) is 10.4. The molecule has 19 heavy (non-hydrogen) atoms. The molecule has 0 amide bonds. The van der Waals surface area contributed by atoms with Gasteiger partial charge in [-0.05, 0) is 19.9 Å². The first-order valence-electron chi connectivity index (χ1n) is 5.53. The number of aryl methyl sites for hydroxylation is 2. The fourth-order valence-corrected chi connectivity index (χ4v) is 4.35. The third-order valence-electron chi connectivity index (χ3n) is 2.54. The van der Waals surface area contributed by atoms with E-state index in [4.69, 9.17) is 23.2 Å². The van der Waals surface area contributed by atoms with Crippen LogP contribution in [0.3, 0.4) is 0 Å². The minimum Gasteiger partial charge on any atom is -0.259 e. The summed E-state index contributed by atoms with van der Waals surface area (Å²) in [6, 6.07) is 1.61. The number of aromatic nitrogens is 2. The molecule has 0 saturated carbocycles. The molecule has 0 spiro atoms. The summed E-state index contributed by atoms with van der Waals surface area (Å²) in [5, 5.41) is 1.82. The van der Waals surface area contributed by atoms with Crippen LogP contribution in [0.25, 0.3) is 0 Å². The summed E-state index contributed by atoms with van der Waals surface area (Å²) in [4.78, 5) is 9.65. The number of hydrogen-bond acceptors (Lipinski definition) is 4. The molecule has 0 aliphatic rings. The van der Waals surface area contributed by atoms with Crippen LogP contribution in [-0.2, 0) is 22.3 Å². The van der Waals surface area contributed by atoms with E-state index in [1.54, 1.807) is 17.4 Å². The molecule has 0 aromatic carbocycles. The lowest BCUT2D eigenvalue weighted by molar-refractivity contribution is 0.681. The minimum atomic E-state index is -1.08. The van der Waals surface area contributed by atoms with E-state index >= 15 is 0 Å². The maximum atomic E-state index is 12.1. The Labute approximate surface area is 128 Å². The predicted octanol–water partition coefficient (Wildman–Crippen LogP) is 3.91. The Bertz CT molecular complexity index is 609. The summed E-state index contributed by atoms with van der Waals surface area (Å²) in [5.74, 6) is 0.744. The molecule has 0 aliphatic carbocycles. The van der Waals surface area contributed by atoms with Crippen LogP contribution in [0, 0.1) is 13.8 Å². The van der Waals surface area contributed by atoms with Crippen molar-refractivity contribution in [1.29, 1.82) is 0 Å². The van der Waals surface area contributed by atoms with Gasteiger partial charge in [-0.15, -0.1) is 11.3 Å². The second-order valence-corrected chi connectivity index (χ2v) is 7.65. The molecule has 0 unspecified atom stereocenters. The lowest BCUT2D eigenvalue weighted by Crippen LogP contribution is -2.02. The number of hydrogen-bond donors (Lipinski definition) is 0. The molecule has 3 nitrogen and oxygen atoms in total. The molecule has 2 rings (SSSR count). The van der Waals surface area contributed by atoms with Gasteiger partial charge in [0.1, 0.15) is 5.01 Å². The van der Waals surface area contributed by atoms with Crippen LogP contribution < -0.4 is 0 Å². The van der Waals surface area contributed by atoms with Crippen molar-refractivity contribution >= 4 is 45.3 Å². The summed E-state index contributed by atoms with van der Waals surface area (Å²) in [5.41, 5.74) is 1.61. The summed E-state index contributed by atoms with van der Waals surface area (Å²) in [6.45, 7) is 3.97. The standard InChI is InChI=1S/C12H12Cl2N2OS2/c1-7-8(2)18-12(16-7)6-19(17)5-11-10(14)3-9(13)4-15-11/h3-4H,5-6H2,1-2H3/t19-/m1/s1. The summed E-state index contributed by atoms with van der Waals surface area (Å²) >= 11 is 13.4. The highest BCUT2D eigenvalue weighted by Gasteiger charge is 2.11. The van der Waals surface area contributed by atoms with Gasteiger partial charge < -0.3 is 0 Å². The zero-order chi connectivity index (χ0) is 14.0. The van der Waals surface area contributed by atoms with Gasteiger partial charge >= 0.3 is 0 Å². The van der Waals surface area contributed by atoms with Crippen LogP contribution >= 0.6 is 34.5 Å². The first-order valence-corrected chi connectivity index (χ1v) is 8.59. The number of rotatable bonds is 4. The van der Waals surface area contributed by atoms with Crippen LogP contribution in [0.5, 0.6) is 0 Å². The molecule has 0 bridgehead atoms. The molecule has 0 N–H and O–H groups in total. The smallest absolute Gasteiger partial charge is 0.106 e. The van der Waals surface area contributed by atoms with Gasteiger partial charge in [-0.2, -0.15) is 0 Å². The van der Waals surface area contributed by atoms with E-state index in [2.05, 4.69) is 9.97 Å². The normalized spacial score (nSPS) is 12.6. The van der Waals surface area contributed by atoms with Crippen molar-refractivity contribution in [2.75, 3.05) is 0 Å². The number of halogens is 2. The molecule has 0 aliphatic heterocycles. The average Bonchev–Trinajstić information content (AvgIpc) is 2.62. The third-order valence-corrected chi connectivity index (χ3v) is 5.52. The van der Waals surface area contributed by atoms with Crippen molar-refractivity contribution in [1.82, 2.24) is 9.97 Å². The van der Waals surface area contributed by atoms with Crippen molar-refractivity contribution in [3.63, 3.8) is 0 Å². The van der Waals surface area contributed by atoms with Crippen molar-refractivity contribution in [3.8, 4) is 0 Å². The molecule has 1 atom stereocenters. The SMILES string of the molecule is Cc1nc(C[S@](=O)Cc2ncc(Cl)cc2Cl)sc1C. The van der Waals surface area contributed by atoms with E-state index in [0.29, 0.717) is 27.2 Å². The molecule has 7 heteroatoms. The van der Waals surface area contributed by atoms with Crippen molar-refractivity contribution in [2.45, 2.75) is 25.4 Å².